The highest BCUT2D eigenvalue weighted by Gasteiger charge is 2.28. The van der Waals surface area contributed by atoms with E-state index in [0.717, 1.165) is 17.1 Å². The lowest BCUT2D eigenvalue weighted by Gasteiger charge is -2.34. The molecule has 0 unspecified atom stereocenters. The summed E-state index contributed by atoms with van der Waals surface area (Å²) in [5.41, 5.74) is 3.14. The van der Waals surface area contributed by atoms with Crippen molar-refractivity contribution in [3.63, 3.8) is 0 Å². The molecule has 2 aliphatic rings. The molecule has 0 spiro atoms. The molecule has 0 saturated carbocycles. The molecule has 1 saturated heterocycles. The van der Waals surface area contributed by atoms with Gasteiger partial charge in [-0.2, -0.15) is 0 Å². The SMILES string of the molecule is O=C(Nc1ccccc1)C1CCN(C(=O)CCN2c3ccccc3Sc3ccccc32)CC1. The minimum Gasteiger partial charge on any atom is -0.343 e. The first-order valence-corrected chi connectivity index (χ1v) is 12.3. The largest absolute Gasteiger partial charge is 0.343 e. The van der Waals surface area contributed by atoms with Crippen molar-refractivity contribution in [1.82, 2.24) is 4.90 Å². The van der Waals surface area contributed by atoms with Crippen LogP contribution in [-0.4, -0.2) is 36.3 Å². The van der Waals surface area contributed by atoms with Gasteiger partial charge >= 0.3 is 0 Å². The van der Waals surface area contributed by atoms with Gasteiger partial charge in [-0.1, -0.05) is 54.2 Å². The summed E-state index contributed by atoms with van der Waals surface area (Å²) in [7, 11) is 0. The van der Waals surface area contributed by atoms with Crippen LogP contribution in [0.15, 0.2) is 88.7 Å². The average Bonchev–Trinajstić information content (AvgIpc) is 2.87. The number of fused-ring (bicyclic) bond motifs is 2. The Hall–Kier alpha value is -3.25. The van der Waals surface area contributed by atoms with Crippen LogP contribution >= 0.6 is 11.8 Å². The van der Waals surface area contributed by atoms with Gasteiger partial charge in [0.1, 0.15) is 0 Å². The summed E-state index contributed by atoms with van der Waals surface area (Å²) >= 11 is 1.78. The zero-order chi connectivity index (χ0) is 22.6. The molecule has 2 aliphatic heterocycles. The van der Waals surface area contributed by atoms with Gasteiger partial charge in [0, 0.05) is 47.5 Å². The summed E-state index contributed by atoms with van der Waals surface area (Å²) < 4.78 is 0. The van der Waals surface area contributed by atoms with E-state index in [4.69, 9.17) is 0 Å². The molecule has 3 aromatic rings. The van der Waals surface area contributed by atoms with Gasteiger partial charge in [-0.05, 0) is 49.2 Å². The summed E-state index contributed by atoms with van der Waals surface area (Å²) in [6.07, 6.45) is 1.86. The second-order valence-electron chi connectivity index (χ2n) is 8.45. The van der Waals surface area contributed by atoms with Crippen LogP contribution in [0, 0.1) is 5.92 Å². The van der Waals surface area contributed by atoms with Gasteiger partial charge in [0.25, 0.3) is 0 Å². The Bertz CT molecular complexity index is 1100. The molecule has 0 atom stereocenters. The number of para-hydroxylation sites is 3. The van der Waals surface area contributed by atoms with Crippen molar-refractivity contribution in [1.29, 1.82) is 0 Å². The van der Waals surface area contributed by atoms with E-state index in [2.05, 4.69) is 46.6 Å². The number of hydrogen-bond donors (Lipinski definition) is 1. The molecular formula is C27H27N3O2S. The lowest BCUT2D eigenvalue weighted by Crippen LogP contribution is -2.42. The average molecular weight is 458 g/mol. The van der Waals surface area contributed by atoms with E-state index < -0.39 is 0 Å². The van der Waals surface area contributed by atoms with Gasteiger partial charge in [0.2, 0.25) is 11.8 Å². The third-order valence-corrected chi connectivity index (χ3v) is 7.47. The second-order valence-corrected chi connectivity index (χ2v) is 9.53. The van der Waals surface area contributed by atoms with Crippen molar-refractivity contribution in [2.45, 2.75) is 29.1 Å². The van der Waals surface area contributed by atoms with Crippen molar-refractivity contribution >= 4 is 40.6 Å². The number of nitrogens with one attached hydrogen (secondary N) is 1. The lowest BCUT2D eigenvalue weighted by atomic mass is 9.95. The topological polar surface area (TPSA) is 52.7 Å². The fraction of sp³-hybridized carbons (Fsp3) is 0.259. The van der Waals surface area contributed by atoms with Crippen LogP contribution < -0.4 is 10.2 Å². The van der Waals surface area contributed by atoms with Crippen molar-refractivity contribution < 1.29 is 9.59 Å². The molecule has 1 N–H and O–H groups in total. The van der Waals surface area contributed by atoms with E-state index >= 15 is 0 Å². The maximum Gasteiger partial charge on any atom is 0.227 e. The third-order valence-electron chi connectivity index (χ3n) is 6.34. The first kappa shape index (κ1) is 21.6. The molecule has 5 nitrogen and oxygen atoms in total. The maximum absolute atomic E-state index is 13.0. The van der Waals surface area contributed by atoms with E-state index in [0.29, 0.717) is 38.9 Å². The van der Waals surface area contributed by atoms with Crippen LogP contribution in [0.1, 0.15) is 19.3 Å². The monoisotopic (exact) mass is 457 g/mol. The number of carbonyl (C=O) groups excluding carboxylic acids is 2. The first-order valence-electron chi connectivity index (χ1n) is 11.5. The predicted molar refractivity (Wildman–Crippen MR) is 133 cm³/mol. The van der Waals surface area contributed by atoms with Gasteiger partial charge in [-0.3, -0.25) is 9.59 Å². The van der Waals surface area contributed by atoms with Crippen LogP contribution in [0.25, 0.3) is 0 Å². The second kappa shape index (κ2) is 9.71. The molecule has 2 heterocycles. The Kier molecular flexibility index (Phi) is 6.35. The van der Waals surface area contributed by atoms with Crippen LogP contribution in [0.3, 0.4) is 0 Å². The van der Waals surface area contributed by atoms with Crippen molar-refractivity contribution in [2.24, 2.45) is 5.92 Å². The van der Waals surface area contributed by atoms with Crippen molar-refractivity contribution in [3.8, 4) is 0 Å². The molecule has 5 rings (SSSR count). The van der Waals surface area contributed by atoms with Gasteiger partial charge in [0.05, 0.1) is 11.4 Å². The molecule has 0 radical (unpaired) electrons. The Morgan fingerprint density at radius 1 is 0.818 bits per heavy atom. The van der Waals surface area contributed by atoms with E-state index in [-0.39, 0.29) is 17.7 Å². The van der Waals surface area contributed by atoms with E-state index in [1.807, 2.05) is 47.4 Å². The fourth-order valence-electron chi connectivity index (χ4n) is 4.54. The standard InChI is InChI=1S/C27H27N3O2S/c31-26(29-17-14-20(15-18-29)27(32)28-21-8-2-1-3-9-21)16-19-30-22-10-4-6-12-24(22)33-25-13-7-5-11-23(25)30/h1-13,20H,14-19H2,(H,28,32). The van der Waals surface area contributed by atoms with Crippen LogP contribution in [0.4, 0.5) is 17.1 Å². The highest BCUT2D eigenvalue weighted by atomic mass is 32.2. The maximum atomic E-state index is 13.0. The number of hydrogen-bond acceptors (Lipinski definition) is 4. The Balaban J connectivity index is 1.18. The summed E-state index contributed by atoms with van der Waals surface area (Å²) in [5.74, 6) is 0.157. The number of nitrogens with zero attached hydrogens (tertiary/aromatic N) is 2. The number of benzene rings is 3. The normalized spacial score (nSPS) is 15.5. The molecule has 6 heteroatoms. The predicted octanol–water partition coefficient (Wildman–Crippen LogP) is 5.56. The number of anilines is 3. The van der Waals surface area contributed by atoms with E-state index in [9.17, 15) is 9.59 Å². The van der Waals surface area contributed by atoms with Gasteiger partial charge in [-0.15, -0.1) is 0 Å². The van der Waals surface area contributed by atoms with Crippen LogP contribution in [0.5, 0.6) is 0 Å². The Morgan fingerprint density at radius 3 is 2.03 bits per heavy atom. The van der Waals surface area contributed by atoms with Crippen LogP contribution in [0.2, 0.25) is 0 Å². The minimum absolute atomic E-state index is 0.0485. The zero-order valence-corrected chi connectivity index (χ0v) is 19.3. The number of piperidine rings is 1. The third kappa shape index (κ3) is 4.76. The van der Waals surface area contributed by atoms with Crippen molar-refractivity contribution in [3.05, 3.63) is 78.9 Å². The number of likely N-dealkylation sites (tertiary alicyclic amines) is 1. The fourth-order valence-corrected chi connectivity index (χ4v) is 5.64. The summed E-state index contributed by atoms with van der Waals surface area (Å²) in [5, 5.41) is 2.99. The molecule has 168 valence electrons. The lowest BCUT2D eigenvalue weighted by molar-refractivity contribution is -0.134. The summed E-state index contributed by atoms with van der Waals surface area (Å²) in [4.78, 5) is 32.2. The molecule has 3 aromatic carbocycles. The molecule has 0 aromatic heterocycles. The number of carbonyl (C=O) groups is 2. The van der Waals surface area contributed by atoms with Crippen molar-refractivity contribution in [2.75, 3.05) is 29.9 Å². The highest BCUT2D eigenvalue weighted by Crippen LogP contribution is 2.47. The molecule has 33 heavy (non-hydrogen) atoms. The summed E-state index contributed by atoms with van der Waals surface area (Å²) in [6, 6.07) is 26.3. The first-order chi connectivity index (χ1) is 16.2. The van der Waals surface area contributed by atoms with Gasteiger partial charge in [0.15, 0.2) is 0 Å². The summed E-state index contributed by atoms with van der Waals surface area (Å²) in [6.45, 7) is 1.91. The number of rotatable bonds is 5. The molecule has 1 fully saturated rings. The Morgan fingerprint density at radius 2 is 1.39 bits per heavy atom. The van der Waals surface area contributed by atoms with Gasteiger partial charge in [-0.25, -0.2) is 0 Å². The number of amides is 2. The zero-order valence-electron chi connectivity index (χ0n) is 18.4. The quantitative estimate of drug-likeness (QED) is 0.545. The highest BCUT2D eigenvalue weighted by molar-refractivity contribution is 7.99. The van der Waals surface area contributed by atoms with E-state index in [1.54, 1.807) is 11.8 Å². The molecular weight excluding hydrogens is 430 g/mol. The molecule has 2 amide bonds. The molecule has 0 aliphatic carbocycles. The minimum atomic E-state index is -0.0490. The van der Waals surface area contributed by atoms with Crippen LogP contribution in [-0.2, 0) is 9.59 Å². The smallest absolute Gasteiger partial charge is 0.227 e. The molecule has 0 bridgehead atoms. The Labute approximate surface area is 198 Å². The van der Waals surface area contributed by atoms with E-state index in [1.165, 1.54) is 9.79 Å². The van der Waals surface area contributed by atoms with Gasteiger partial charge < -0.3 is 15.1 Å².